The molecule has 0 saturated carbocycles. The minimum atomic E-state index is 0.407. The van der Waals surface area contributed by atoms with Gasteiger partial charge in [0.15, 0.2) is 0 Å². The van der Waals surface area contributed by atoms with E-state index in [4.69, 9.17) is 4.74 Å². The largest absolute Gasteiger partial charge is 0.381 e. The third-order valence-corrected chi connectivity index (χ3v) is 3.78. The van der Waals surface area contributed by atoms with Crippen LogP contribution in [0.5, 0.6) is 0 Å². The van der Waals surface area contributed by atoms with E-state index in [0.717, 1.165) is 30.4 Å². The number of nitrogens with one attached hydrogen (secondary N) is 1. The normalized spacial score (nSPS) is 25.6. The van der Waals surface area contributed by atoms with Crippen LogP contribution in [-0.4, -0.2) is 26.3 Å². The molecule has 1 aliphatic heterocycles. The predicted molar refractivity (Wildman–Crippen MR) is 69.6 cm³/mol. The van der Waals surface area contributed by atoms with Gasteiger partial charge in [0.2, 0.25) is 0 Å². The molecule has 2 atom stereocenters. The molecule has 1 saturated heterocycles. The van der Waals surface area contributed by atoms with E-state index in [1.807, 2.05) is 7.11 Å². The van der Waals surface area contributed by atoms with Gasteiger partial charge in [-0.05, 0) is 37.1 Å². The van der Waals surface area contributed by atoms with Gasteiger partial charge in [-0.2, -0.15) is 0 Å². The maximum Gasteiger partial charge on any atom is 0.0626 e. The molecule has 0 amide bonds. The Labute approximate surface area is 106 Å². The molecule has 1 aromatic carbocycles. The highest BCUT2D eigenvalue weighted by atomic mass is 79.9. The summed E-state index contributed by atoms with van der Waals surface area (Å²) < 4.78 is 6.69. The van der Waals surface area contributed by atoms with Crippen molar-refractivity contribution in [1.82, 2.24) is 5.32 Å². The van der Waals surface area contributed by atoms with E-state index < -0.39 is 0 Å². The Kier molecular flexibility index (Phi) is 4.38. The first-order valence-corrected chi connectivity index (χ1v) is 6.57. The second-order valence-corrected chi connectivity index (χ2v) is 5.27. The summed E-state index contributed by atoms with van der Waals surface area (Å²) in [6.07, 6.45) is 2.63. The summed E-state index contributed by atoms with van der Waals surface area (Å²) in [4.78, 5) is 0. The molecule has 3 heteroatoms. The molecule has 2 nitrogen and oxygen atoms in total. The lowest BCUT2D eigenvalue weighted by atomic mass is 9.89. The first-order valence-electron chi connectivity index (χ1n) is 5.77. The van der Waals surface area contributed by atoms with Crippen molar-refractivity contribution in [2.45, 2.75) is 18.9 Å². The third-order valence-electron chi connectivity index (χ3n) is 3.25. The van der Waals surface area contributed by atoms with Crippen LogP contribution in [-0.2, 0) is 11.2 Å². The number of hydrogen-bond acceptors (Lipinski definition) is 2. The zero-order valence-electron chi connectivity index (χ0n) is 9.58. The molecule has 0 radical (unpaired) electrons. The first-order chi connectivity index (χ1) is 7.79. The zero-order chi connectivity index (χ0) is 11.4. The highest BCUT2D eigenvalue weighted by Crippen LogP contribution is 2.20. The number of ether oxygens (including phenoxy) is 1. The molecule has 0 aromatic heterocycles. The van der Waals surface area contributed by atoms with Gasteiger partial charge in [0, 0.05) is 24.0 Å². The van der Waals surface area contributed by atoms with Crippen LogP contribution < -0.4 is 5.32 Å². The molecule has 1 heterocycles. The van der Waals surface area contributed by atoms with Gasteiger partial charge in [0.25, 0.3) is 0 Å². The lowest BCUT2D eigenvalue weighted by Gasteiger charge is -2.31. The van der Waals surface area contributed by atoms with Gasteiger partial charge in [-0.1, -0.05) is 28.1 Å². The maximum atomic E-state index is 5.55. The SMILES string of the molecule is COC1CCNCC1Cc1ccc(Br)cc1. The minimum Gasteiger partial charge on any atom is -0.381 e. The van der Waals surface area contributed by atoms with Gasteiger partial charge in [-0.25, -0.2) is 0 Å². The Morgan fingerprint density at radius 3 is 2.81 bits per heavy atom. The van der Waals surface area contributed by atoms with Crippen LogP contribution in [0.1, 0.15) is 12.0 Å². The van der Waals surface area contributed by atoms with Crippen LogP contribution in [0, 0.1) is 5.92 Å². The fourth-order valence-corrected chi connectivity index (χ4v) is 2.60. The molecule has 1 aromatic rings. The van der Waals surface area contributed by atoms with E-state index >= 15 is 0 Å². The lowest BCUT2D eigenvalue weighted by molar-refractivity contribution is 0.0311. The van der Waals surface area contributed by atoms with Crippen molar-refractivity contribution in [2.75, 3.05) is 20.2 Å². The molecule has 2 unspecified atom stereocenters. The Balaban J connectivity index is 1.99. The number of piperidine rings is 1. The molecular weight excluding hydrogens is 266 g/mol. The summed E-state index contributed by atoms with van der Waals surface area (Å²) in [5.41, 5.74) is 1.39. The molecule has 88 valence electrons. The van der Waals surface area contributed by atoms with Crippen molar-refractivity contribution >= 4 is 15.9 Å². The van der Waals surface area contributed by atoms with Gasteiger partial charge >= 0.3 is 0 Å². The summed E-state index contributed by atoms with van der Waals surface area (Å²) in [5.74, 6) is 0.597. The third kappa shape index (κ3) is 3.06. The Bertz CT molecular complexity index is 325. The Morgan fingerprint density at radius 2 is 2.12 bits per heavy atom. The molecule has 1 aliphatic rings. The standard InChI is InChI=1S/C13H18BrNO/c1-16-13-6-7-15-9-11(13)8-10-2-4-12(14)5-3-10/h2-5,11,13,15H,6-9H2,1H3. The fourth-order valence-electron chi connectivity index (χ4n) is 2.34. The quantitative estimate of drug-likeness (QED) is 0.921. The summed E-state index contributed by atoms with van der Waals surface area (Å²) >= 11 is 3.46. The average Bonchev–Trinajstić information content (AvgIpc) is 2.33. The topological polar surface area (TPSA) is 21.3 Å². The van der Waals surface area contributed by atoms with Crippen molar-refractivity contribution in [3.05, 3.63) is 34.3 Å². The molecular formula is C13H18BrNO. The monoisotopic (exact) mass is 283 g/mol. The van der Waals surface area contributed by atoms with E-state index in [1.165, 1.54) is 5.56 Å². The average molecular weight is 284 g/mol. The van der Waals surface area contributed by atoms with E-state index in [9.17, 15) is 0 Å². The summed E-state index contributed by atoms with van der Waals surface area (Å²) in [7, 11) is 1.82. The number of halogens is 1. The van der Waals surface area contributed by atoms with Crippen LogP contribution in [0.25, 0.3) is 0 Å². The highest BCUT2D eigenvalue weighted by molar-refractivity contribution is 9.10. The van der Waals surface area contributed by atoms with Crippen molar-refractivity contribution in [1.29, 1.82) is 0 Å². The first kappa shape index (κ1) is 12.1. The fraction of sp³-hybridized carbons (Fsp3) is 0.538. The van der Waals surface area contributed by atoms with Crippen LogP contribution in [0.2, 0.25) is 0 Å². The molecule has 16 heavy (non-hydrogen) atoms. The van der Waals surface area contributed by atoms with Crippen LogP contribution in [0.3, 0.4) is 0 Å². The molecule has 1 fully saturated rings. The zero-order valence-corrected chi connectivity index (χ0v) is 11.2. The number of benzene rings is 1. The Hall–Kier alpha value is -0.380. The van der Waals surface area contributed by atoms with Crippen molar-refractivity contribution in [3.63, 3.8) is 0 Å². The molecule has 2 rings (SSSR count). The van der Waals surface area contributed by atoms with Crippen molar-refractivity contribution in [2.24, 2.45) is 5.92 Å². The number of methoxy groups -OCH3 is 1. The second kappa shape index (κ2) is 5.80. The van der Waals surface area contributed by atoms with Crippen LogP contribution in [0.4, 0.5) is 0 Å². The van der Waals surface area contributed by atoms with Crippen molar-refractivity contribution in [3.8, 4) is 0 Å². The molecule has 0 bridgehead atoms. The summed E-state index contributed by atoms with van der Waals surface area (Å²) in [6.45, 7) is 2.14. The van der Waals surface area contributed by atoms with Crippen LogP contribution >= 0.6 is 15.9 Å². The molecule has 0 aliphatic carbocycles. The Morgan fingerprint density at radius 1 is 1.38 bits per heavy atom. The van der Waals surface area contributed by atoms with Gasteiger partial charge in [-0.15, -0.1) is 0 Å². The minimum absolute atomic E-state index is 0.407. The van der Waals surface area contributed by atoms with E-state index in [2.05, 4.69) is 45.5 Å². The van der Waals surface area contributed by atoms with Gasteiger partial charge in [-0.3, -0.25) is 0 Å². The van der Waals surface area contributed by atoms with E-state index in [0.29, 0.717) is 12.0 Å². The molecule has 0 spiro atoms. The van der Waals surface area contributed by atoms with Gasteiger partial charge in [0.05, 0.1) is 6.10 Å². The van der Waals surface area contributed by atoms with E-state index in [-0.39, 0.29) is 0 Å². The van der Waals surface area contributed by atoms with Gasteiger partial charge in [0.1, 0.15) is 0 Å². The van der Waals surface area contributed by atoms with Crippen molar-refractivity contribution < 1.29 is 4.74 Å². The second-order valence-electron chi connectivity index (χ2n) is 4.36. The van der Waals surface area contributed by atoms with Crippen LogP contribution in [0.15, 0.2) is 28.7 Å². The maximum absolute atomic E-state index is 5.55. The number of hydrogen-bond donors (Lipinski definition) is 1. The summed E-state index contributed by atoms with van der Waals surface area (Å²) in [6, 6.07) is 8.58. The lowest BCUT2D eigenvalue weighted by Crippen LogP contribution is -2.41. The summed E-state index contributed by atoms with van der Waals surface area (Å²) in [5, 5.41) is 3.44. The molecule has 1 N–H and O–H groups in total. The predicted octanol–water partition coefficient (Wildman–Crippen LogP) is 2.62. The van der Waals surface area contributed by atoms with E-state index in [1.54, 1.807) is 0 Å². The highest BCUT2D eigenvalue weighted by Gasteiger charge is 2.24. The number of rotatable bonds is 3. The smallest absolute Gasteiger partial charge is 0.0626 e. The van der Waals surface area contributed by atoms with Gasteiger partial charge < -0.3 is 10.1 Å².